The lowest BCUT2D eigenvalue weighted by atomic mass is 9.98. The Labute approximate surface area is 181 Å². The summed E-state index contributed by atoms with van der Waals surface area (Å²) in [5.41, 5.74) is -4.88. The van der Waals surface area contributed by atoms with Gasteiger partial charge in [-0.3, -0.25) is 9.59 Å². The maximum atomic E-state index is 13.4. The van der Waals surface area contributed by atoms with Crippen molar-refractivity contribution in [2.24, 2.45) is 0 Å². The molecular weight excluding hydrogens is 455 g/mol. The third-order valence-electron chi connectivity index (χ3n) is 4.76. The maximum Gasteiger partial charge on any atom is 0.416 e. The number of H-pyrrole nitrogens is 1. The van der Waals surface area contributed by atoms with E-state index < -0.39 is 67.1 Å². The molecule has 32 heavy (non-hydrogen) atoms. The molecule has 178 valence electrons. The Balaban J connectivity index is 2.52. The highest BCUT2D eigenvalue weighted by Gasteiger charge is 2.35. The number of ketones is 1. The van der Waals surface area contributed by atoms with E-state index in [9.17, 15) is 41.1 Å². The fourth-order valence-corrected chi connectivity index (χ4v) is 4.21. The van der Waals surface area contributed by atoms with Crippen molar-refractivity contribution in [2.75, 3.05) is 10.6 Å². The van der Waals surface area contributed by atoms with Crippen LogP contribution in [0.5, 0.6) is 0 Å². The number of rotatable bonds is 10. The van der Waals surface area contributed by atoms with E-state index in [1.165, 1.54) is 6.92 Å². The Morgan fingerprint density at radius 1 is 1.22 bits per heavy atom. The Morgan fingerprint density at radius 2 is 1.88 bits per heavy atom. The lowest BCUT2D eigenvalue weighted by Crippen LogP contribution is -2.45. The molecule has 0 aliphatic heterocycles. The molecule has 1 aromatic heterocycles. The number of carbonyl (C=O) groups excluding carboxylic acids is 1. The van der Waals surface area contributed by atoms with Crippen LogP contribution >= 0.6 is 0 Å². The lowest BCUT2D eigenvalue weighted by Gasteiger charge is -2.18. The molecule has 0 fully saturated rings. The van der Waals surface area contributed by atoms with Crippen molar-refractivity contribution in [3.8, 4) is 0 Å². The van der Waals surface area contributed by atoms with Crippen LogP contribution in [0.4, 0.5) is 13.2 Å². The summed E-state index contributed by atoms with van der Waals surface area (Å²) in [6.45, 7) is 3.34. The van der Waals surface area contributed by atoms with Gasteiger partial charge >= 0.3 is 11.9 Å². The van der Waals surface area contributed by atoms with E-state index in [0.717, 1.165) is 18.9 Å². The fourth-order valence-electron chi connectivity index (χ4n) is 3.13. The van der Waals surface area contributed by atoms with Gasteiger partial charge in [0.2, 0.25) is 0 Å². The van der Waals surface area contributed by atoms with Crippen molar-refractivity contribution in [1.29, 1.82) is 0 Å². The summed E-state index contributed by atoms with van der Waals surface area (Å²) in [6.07, 6.45) is -4.45. The van der Waals surface area contributed by atoms with Crippen LogP contribution in [-0.2, 0) is 21.0 Å². The number of carbonyl (C=O) groups is 1. The summed E-state index contributed by atoms with van der Waals surface area (Å²) < 4.78 is 64.8. The van der Waals surface area contributed by atoms with Crippen LogP contribution in [0.2, 0.25) is 0 Å². The van der Waals surface area contributed by atoms with Crippen molar-refractivity contribution in [3.63, 3.8) is 0 Å². The molecule has 2 rings (SSSR count). The molecule has 3 N–H and O–H groups in total. The number of unbranched alkanes of at least 4 members (excludes halogenated alkanes) is 2. The second-order valence-corrected chi connectivity index (χ2v) is 9.02. The summed E-state index contributed by atoms with van der Waals surface area (Å²) in [5.74, 6) is -1.58. The molecular formula is C19H24F3N3O6S. The molecule has 0 radical (unpaired) electrons. The number of benzene rings is 1. The molecule has 0 aliphatic rings. The van der Waals surface area contributed by atoms with Gasteiger partial charge in [0.05, 0.1) is 22.6 Å². The number of nitrogens with one attached hydrogen (secondary N) is 2. The van der Waals surface area contributed by atoms with Gasteiger partial charge in [0.25, 0.3) is 15.6 Å². The second kappa shape index (κ2) is 9.86. The second-order valence-electron chi connectivity index (χ2n) is 7.32. The van der Waals surface area contributed by atoms with Gasteiger partial charge < -0.3 is 10.1 Å². The Morgan fingerprint density at radius 3 is 2.44 bits per heavy atom. The lowest BCUT2D eigenvalue weighted by molar-refractivity contribution is -0.139. The third kappa shape index (κ3) is 5.97. The smallest absolute Gasteiger partial charge is 0.388 e. The molecule has 1 atom stereocenters. The van der Waals surface area contributed by atoms with E-state index in [2.05, 4.69) is 0 Å². The average molecular weight is 479 g/mol. The number of Topliss-reactive ketones (excluding diaryl/α,β-unsaturated/α-hetero) is 1. The minimum atomic E-state index is -4.87. The summed E-state index contributed by atoms with van der Waals surface area (Å²) in [7, 11) is -4.43. The van der Waals surface area contributed by atoms with Crippen LogP contribution in [0.25, 0.3) is 10.9 Å². The van der Waals surface area contributed by atoms with E-state index in [0.29, 0.717) is 12.5 Å². The zero-order chi connectivity index (χ0) is 24.3. The van der Waals surface area contributed by atoms with Crippen LogP contribution < -0.4 is 16.1 Å². The first-order valence-electron chi connectivity index (χ1n) is 9.91. The molecule has 1 unspecified atom stereocenters. The van der Waals surface area contributed by atoms with E-state index in [1.807, 2.05) is 11.9 Å². The third-order valence-corrected chi connectivity index (χ3v) is 5.92. The molecule has 0 aliphatic carbocycles. The highest BCUT2D eigenvalue weighted by Crippen LogP contribution is 2.36. The fraction of sp³-hybridized carbons (Fsp3) is 0.526. The van der Waals surface area contributed by atoms with Gasteiger partial charge in [0.1, 0.15) is 11.5 Å². The number of alkyl halides is 3. The van der Waals surface area contributed by atoms with E-state index in [1.54, 1.807) is 4.83 Å². The summed E-state index contributed by atoms with van der Waals surface area (Å²) in [5, 5.41) is 9.55. The summed E-state index contributed by atoms with van der Waals surface area (Å²) >= 11 is 0. The average Bonchev–Trinajstić information content (AvgIpc) is 2.69. The molecule has 1 heterocycles. The Kier molecular flexibility index (Phi) is 7.88. The van der Waals surface area contributed by atoms with Crippen LogP contribution in [0.1, 0.15) is 63.2 Å². The number of aromatic amines is 1. The van der Waals surface area contributed by atoms with E-state index in [4.69, 9.17) is 0 Å². The highest BCUT2D eigenvalue weighted by atomic mass is 32.2. The van der Waals surface area contributed by atoms with E-state index in [-0.39, 0.29) is 17.5 Å². The molecule has 0 bridgehead atoms. The standard InChI is InChI=1S/C19H24F3N3O6S/c1-3-5-6-7-11(26)10-32(30,31)24-25-17(28)13-8-12(16(27)4-2)14(19(20,21)22)9-15(13)23-18(25)29/h8-9,16,24,27H,3-7,10H2,1-2H3,(H,23,29). The van der Waals surface area contributed by atoms with Crippen LogP contribution in [0.3, 0.4) is 0 Å². The van der Waals surface area contributed by atoms with Crippen LogP contribution in [0.15, 0.2) is 21.7 Å². The number of sulfonamides is 1. The molecule has 0 saturated carbocycles. The summed E-state index contributed by atoms with van der Waals surface area (Å²) in [4.78, 5) is 40.5. The predicted octanol–water partition coefficient (Wildman–Crippen LogP) is 2.17. The first-order valence-corrected chi connectivity index (χ1v) is 11.6. The normalized spacial score (nSPS) is 13.3. The topological polar surface area (TPSA) is 138 Å². The highest BCUT2D eigenvalue weighted by molar-refractivity contribution is 7.93. The molecule has 0 amide bonds. The van der Waals surface area contributed by atoms with Gasteiger partial charge in [-0.1, -0.05) is 26.7 Å². The molecule has 0 spiro atoms. The number of halogens is 3. The maximum absolute atomic E-state index is 13.4. The van der Waals surface area contributed by atoms with Crippen molar-refractivity contribution >= 4 is 26.7 Å². The van der Waals surface area contributed by atoms with Gasteiger partial charge in [0.15, 0.2) is 0 Å². The molecule has 0 saturated heterocycles. The Hall–Kier alpha value is -2.67. The monoisotopic (exact) mass is 479 g/mol. The van der Waals surface area contributed by atoms with Gasteiger partial charge in [-0.25, -0.2) is 18.0 Å². The van der Waals surface area contributed by atoms with Crippen molar-refractivity contribution in [2.45, 2.75) is 58.2 Å². The van der Waals surface area contributed by atoms with Crippen molar-refractivity contribution in [1.82, 2.24) is 9.66 Å². The first kappa shape index (κ1) is 25.6. The number of aromatic nitrogens is 2. The minimum Gasteiger partial charge on any atom is -0.388 e. The molecule has 9 nitrogen and oxygen atoms in total. The van der Waals surface area contributed by atoms with Gasteiger partial charge in [0, 0.05) is 6.42 Å². The number of aliphatic hydroxyl groups excluding tert-OH is 1. The number of aliphatic hydroxyl groups is 1. The Bertz CT molecular complexity index is 1220. The number of nitrogens with zero attached hydrogens (tertiary/aromatic N) is 1. The van der Waals surface area contributed by atoms with Crippen LogP contribution in [0, 0.1) is 0 Å². The van der Waals surface area contributed by atoms with Crippen molar-refractivity contribution < 1.29 is 31.5 Å². The predicted molar refractivity (Wildman–Crippen MR) is 111 cm³/mol. The number of hydrogen-bond donors (Lipinski definition) is 3. The quantitative estimate of drug-likeness (QED) is 0.447. The number of hydrogen-bond acceptors (Lipinski definition) is 6. The van der Waals surface area contributed by atoms with Gasteiger partial charge in [-0.2, -0.15) is 17.8 Å². The largest absolute Gasteiger partial charge is 0.416 e. The van der Waals surface area contributed by atoms with Crippen LogP contribution in [-0.4, -0.2) is 34.7 Å². The molecule has 2 aromatic rings. The van der Waals surface area contributed by atoms with Crippen molar-refractivity contribution in [3.05, 3.63) is 44.1 Å². The molecule has 13 heteroatoms. The van der Waals surface area contributed by atoms with E-state index >= 15 is 0 Å². The minimum absolute atomic E-state index is 0.0101. The summed E-state index contributed by atoms with van der Waals surface area (Å²) in [6, 6.07) is 1.29. The van der Waals surface area contributed by atoms with Gasteiger partial charge in [-0.15, -0.1) is 0 Å². The zero-order valence-corrected chi connectivity index (χ0v) is 18.3. The zero-order valence-electron chi connectivity index (χ0n) is 17.5. The first-order chi connectivity index (χ1) is 14.8. The van der Waals surface area contributed by atoms with Gasteiger partial charge in [-0.05, 0) is 30.5 Å². The molecule has 1 aromatic carbocycles. The number of fused-ring (bicyclic) bond motifs is 1. The SMILES string of the molecule is CCCCCC(=O)CS(=O)(=O)Nn1c(=O)[nH]c2cc(C(F)(F)F)c(C(O)CC)cc2c1=O.